The van der Waals surface area contributed by atoms with E-state index in [9.17, 15) is 0 Å². The lowest BCUT2D eigenvalue weighted by Crippen LogP contribution is -2.35. The van der Waals surface area contributed by atoms with Crippen molar-refractivity contribution < 1.29 is 0 Å². The summed E-state index contributed by atoms with van der Waals surface area (Å²) >= 11 is 0. The third kappa shape index (κ3) is 3.67. The summed E-state index contributed by atoms with van der Waals surface area (Å²) < 4.78 is 2.06. The van der Waals surface area contributed by atoms with Crippen molar-refractivity contribution >= 4 is 17.6 Å². The van der Waals surface area contributed by atoms with Gasteiger partial charge in [-0.1, -0.05) is 0 Å². The van der Waals surface area contributed by atoms with E-state index in [4.69, 9.17) is 4.98 Å². The Morgan fingerprint density at radius 2 is 2.04 bits per heavy atom. The number of hydrogen-bond acceptors (Lipinski definition) is 8. The molecule has 0 saturated heterocycles. The molecule has 3 aromatic heterocycles. The van der Waals surface area contributed by atoms with Crippen LogP contribution in [-0.2, 0) is 19.6 Å². The van der Waals surface area contributed by atoms with Gasteiger partial charge in [-0.15, -0.1) is 0 Å². The summed E-state index contributed by atoms with van der Waals surface area (Å²) in [4.78, 5) is 21.8. The van der Waals surface area contributed by atoms with Crippen molar-refractivity contribution in [2.45, 2.75) is 26.6 Å². The van der Waals surface area contributed by atoms with Gasteiger partial charge >= 0.3 is 0 Å². The average Bonchev–Trinajstić information content (AvgIpc) is 3.09. The van der Waals surface area contributed by atoms with Gasteiger partial charge in [0, 0.05) is 44.8 Å². The molecule has 9 heteroatoms. The molecule has 0 aromatic carbocycles. The zero-order valence-corrected chi connectivity index (χ0v) is 15.8. The molecule has 0 aliphatic carbocycles. The summed E-state index contributed by atoms with van der Waals surface area (Å²) in [6, 6.07) is 2.12. The molecule has 140 valence electrons. The summed E-state index contributed by atoms with van der Waals surface area (Å²) in [6.07, 6.45) is 6.92. The highest BCUT2D eigenvalue weighted by molar-refractivity contribution is 5.48. The van der Waals surface area contributed by atoms with E-state index in [1.54, 1.807) is 18.6 Å². The van der Waals surface area contributed by atoms with Crippen LogP contribution in [0.2, 0.25) is 0 Å². The van der Waals surface area contributed by atoms with Gasteiger partial charge in [0.1, 0.15) is 11.6 Å². The van der Waals surface area contributed by atoms with Crippen LogP contribution in [0, 0.1) is 6.92 Å². The van der Waals surface area contributed by atoms with Crippen molar-refractivity contribution in [2.24, 2.45) is 0 Å². The molecule has 9 nitrogen and oxygen atoms in total. The normalized spacial score (nSPS) is 13.4. The van der Waals surface area contributed by atoms with E-state index in [0.717, 1.165) is 54.2 Å². The number of hydrogen-bond donors (Lipinski definition) is 1. The van der Waals surface area contributed by atoms with Crippen molar-refractivity contribution in [3.05, 3.63) is 47.8 Å². The Morgan fingerprint density at radius 3 is 2.81 bits per heavy atom. The molecule has 0 atom stereocenters. The predicted molar refractivity (Wildman–Crippen MR) is 104 cm³/mol. The molecule has 0 unspecified atom stereocenters. The minimum Gasteiger partial charge on any atom is -0.363 e. The third-order valence-electron chi connectivity index (χ3n) is 4.50. The Labute approximate surface area is 158 Å². The lowest BCUT2D eigenvalue weighted by molar-refractivity contribution is 0.511. The Bertz CT molecular complexity index is 920. The first-order valence-electron chi connectivity index (χ1n) is 8.91. The smallest absolute Gasteiger partial charge is 0.227 e. The van der Waals surface area contributed by atoms with E-state index in [2.05, 4.69) is 41.0 Å². The maximum absolute atomic E-state index is 4.73. The fourth-order valence-corrected chi connectivity index (χ4v) is 3.18. The number of anilines is 3. The topological polar surface area (TPSA) is 87.9 Å². The van der Waals surface area contributed by atoms with E-state index in [1.165, 1.54) is 0 Å². The lowest BCUT2D eigenvalue weighted by Gasteiger charge is -2.28. The van der Waals surface area contributed by atoms with Crippen LogP contribution in [0.15, 0.2) is 30.9 Å². The van der Waals surface area contributed by atoms with Crippen LogP contribution < -0.4 is 15.1 Å². The summed E-state index contributed by atoms with van der Waals surface area (Å²) in [5.41, 5.74) is 3.22. The van der Waals surface area contributed by atoms with E-state index >= 15 is 0 Å². The number of nitrogens with one attached hydrogen (secondary N) is 1. The van der Waals surface area contributed by atoms with Crippen LogP contribution >= 0.6 is 0 Å². The zero-order valence-electron chi connectivity index (χ0n) is 15.8. The van der Waals surface area contributed by atoms with Gasteiger partial charge in [-0.2, -0.15) is 10.1 Å². The molecule has 0 amide bonds. The van der Waals surface area contributed by atoms with Crippen molar-refractivity contribution in [3.8, 4) is 0 Å². The van der Waals surface area contributed by atoms with Crippen molar-refractivity contribution in [3.63, 3.8) is 0 Å². The highest BCUT2D eigenvalue weighted by Gasteiger charge is 2.21. The summed E-state index contributed by atoms with van der Waals surface area (Å²) in [5, 5.41) is 7.93. The van der Waals surface area contributed by atoms with Crippen LogP contribution in [0.5, 0.6) is 0 Å². The maximum Gasteiger partial charge on any atom is 0.227 e. The predicted octanol–water partition coefficient (Wildman–Crippen LogP) is 1.47. The standard InChI is InChI=1S/C18H23N9/c1-13-9-22-18(23-17(13)25(2)3)26-6-7-27-15(12-26)8-14(24-27)10-21-16-11-19-4-5-20-16/h4-5,8-9,11H,6-7,10,12H2,1-3H3,(H,20,21). The summed E-state index contributed by atoms with van der Waals surface area (Å²) in [6.45, 7) is 5.04. The number of aryl methyl sites for hydroxylation is 1. The van der Waals surface area contributed by atoms with Gasteiger partial charge in [0.05, 0.1) is 37.2 Å². The van der Waals surface area contributed by atoms with Crippen molar-refractivity contribution in [2.75, 3.05) is 35.8 Å². The fraction of sp³-hybridized carbons (Fsp3) is 0.389. The van der Waals surface area contributed by atoms with Crippen molar-refractivity contribution in [1.29, 1.82) is 0 Å². The van der Waals surface area contributed by atoms with Gasteiger partial charge in [0.2, 0.25) is 5.95 Å². The molecular formula is C18H23N9. The van der Waals surface area contributed by atoms with Crippen LogP contribution in [0.25, 0.3) is 0 Å². The molecule has 4 rings (SSSR count). The van der Waals surface area contributed by atoms with E-state index in [-0.39, 0.29) is 0 Å². The highest BCUT2D eigenvalue weighted by atomic mass is 15.4. The molecule has 0 radical (unpaired) electrons. The van der Waals surface area contributed by atoms with Crippen LogP contribution in [-0.4, -0.2) is 50.4 Å². The van der Waals surface area contributed by atoms with Gasteiger partial charge in [-0.25, -0.2) is 9.97 Å². The molecule has 0 fully saturated rings. The molecule has 0 spiro atoms. The summed E-state index contributed by atoms with van der Waals surface area (Å²) in [5.74, 6) is 2.46. The molecule has 1 aliphatic rings. The van der Waals surface area contributed by atoms with Gasteiger partial charge in [0.15, 0.2) is 0 Å². The van der Waals surface area contributed by atoms with Gasteiger partial charge in [-0.05, 0) is 13.0 Å². The van der Waals surface area contributed by atoms with Crippen molar-refractivity contribution in [1.82, 2.24) is 29.7 Å². The summed E-state index contributed by atoms with van der Waals surface area (Å²) in [7, 11) is 4.00. The molecule has 0 bridgehead atoms. The average molecular weight is 365 g/mol. The molecule has 27 heavy (non-hydrogen) atoms. The SMILES string of the molecule is Cc1cnc(N2CCn3nc(CNc4cnccn4)cc3C2)nc1N(C)C. The largest absolute Gasteiger partial charge is 0.363 e. The second-order valence-corrected chi connectivity index (χ2v) is 6.79. The quantitative estimate of drug-likeness (QED) is 0.727. The van der Waals surface area contributed by atoms with E-state index < -0.39 is 0 Å². The number of fused-ring (bicyclic) bond motifs is 1. The lowest BCUT2D eigenvalue weighted by atomic mass is 10.3. The Hall–Kier alpha value is -3.23. The second kappa shape index (κ2) is 7.18. The molecule has 0 saturated carbocycles. The van der Waals surface area contributed by atoms with Gasteiger partial charge in [-0.3, -0.25) is 9.67 Å². The van der Waals surface area contributed by atoms with Gasteiger partial charge < -0.3 is 15.1 Å². The molecule has 1 aliphatic heterocycles. The van der Waals surface area contributed by atoms with Crippen LogP contribution in [0.4, 0.5) is 17.6 Å². The number of nitrogens with zero attached hydrogens (tertiary/aromatic N) is 8. The Morgan fingerprint density at radius 1 is 1.15 bits per heavy atom. The zero-order chi connectivity index (χ0) is 18.8. The first-order chi connectivity index (χ1) is 13.1. The highest BCUT2D eigenvalue weighted by Crippen LogP contribution is 2.22. The maximum atomic E-state index is 4.73. The Kier molecular flexibility index (Phi) is 4.57. The van der Waals surface area contributed by atoms with E-state index in [0.29, 0.717) is 6.54 Å². The number of aromatic nitrogens is 6. The van der Waals surface area contributed by atoms with Crippen LogP contribution in [0.3, 0.4) is 0 Å². The number of rotatable bonds is 5. The first kappa shape index (κ1) is 17.2. The third-order valence-corrected chi connectivity index (χ3v) is 4.50. The molecule has 4 heterocycles. The molecule has 1 N–H and O–H groups in total. The second-order valence-electron chi connectivity index (χ2n) is 6.79. The van der Waals surface area contributed by atoms with Crippen LogP contribution in [0.1, 0.15) is 17.0 Å². The molecular weight excluding hydrogens is 342 g/mol. The minimum atomic E-state index is 0.616. The first-order valence-corrected chi connectivity index (χ1v) is 8.91. The van der Waals surface area contributed by atoms with Gasteiger partial charge in [0.25, 0.3) is 0 Å². The monoisotopic (exact) mass is 365 g/mol. The molecule has 3 aromatic rings. The fourth-order valence-electron chi connectivity index (χ4n) is 3.18. The Balaban J connectivity index is 1.47. The van der Waals surface area contributed by atoms with E-state index in [1.807, 2.05) is 32.1 Å². The minimum absolute atomic E-state index is 0.616.